The fourth-order valence-corrected chi connectivity index (χ4v) is 4.57. The third kappa shape index (κ3) is 7.74. The van der Waals surface area contributed by atoms with Crippen molar-refractivity contribution >= 4 is 70.0 Å². The standard InChI is InChI=1S/C23H26Cl4N2O2S/c1-4-14(2)28-23(31)15(3)29(11-17-18(24)6-5-7-19(17)25)22(30)13-32-12-16-8-9-20(26)21(27)10-16/h5-10,14-15H,4,11-13H2,1-3H3,(H,28,31)/t14-,15+/m0/s1. The maximum atomic E-state index is 13.2. The number of amides is 2. The summed E-state index contributed by atoms with van der Waals surface area (Å²) >= 11 is 26.1. The first kappa shape index (κ1) is 27.1. The fourth-order valence-electron chi connectivity index (χ4n) is 2.87. The van der Waals surface area contributed by atoms with Crippen LogP contribution in [-0.4, -0.2) is 34.6 Å². The van der Waals surface area contributed by atoms with Gasteiger partial charge in [0.2, 0.25) is 11.8 Å². The zero-order valence-electron chi connectivity index (χ0n) is 18.1. The van der Waals surface area contributed by atoms with Crippen LogP contribution in [0.3, 0.4) is 0 Å². The van der Waals surface area contributed by atoms with E-state index in [0.29, 0.717) is 31.4 Å². The van der Waals surface area contributed by atoms with E-state index in [0.717, 1.165) is 12.0 Å². The highest BCUT2D eigenvalue weighted by atomic mass is 35.5. The van der Waals surface area contributed by atoms with Gasteiger partial charge in [0, 0.05) is 33.9 Å². The van der Waals surface area contributed by atoms with Crippen LogP contribution in [0.15, 0.2) is 36.4 Å². The molecule has 0 aliphatic carbocycles. The molecule has 4 nitrogen and oxygen atoms in total. The molecule has 0 spiro atoms. The van der Waals surface area contributed by atoms with Crippen molar-refractivity contribution in [3.8, 4) is 0 Å². The Morgan fingerprint density at radius 1 is 1.00 bits per heavy atom. The van der Waals surface area contributed by atoms with Gasteiger partial charge in [-0.15, -0.1) is 11.8 Å². The molecule has 2 atom stereocenters. The van der Waals surface area contributed by atoms with Gasteiger partial charge in [0.25, 0.3) is 0 Å². The molecule has 174 valence electrons. The number of benzene rings is 2. The van der Waals surface area contributed by atoms with Crippen LogP contribution in [0.5, 0.6) is 0 Å². The number of halogens is 4. The Morgan fingerprint density at radius 3 is 2.25 bits per heavy atom. The van der Waals surface area contributed by atoms with Crippen LogP contribution in [0.1, 0.15) is 38.3 Å². The van der Waals surface area contributed by atoms with E-state index < -0.39 is 6.04 Å². The van der Waals surface area contributed by atoms with Crippen LogP contribution in [0.25, 0.3) is 0 Å². The average molecular weight is 536 g/mol. The van der Waals surface area contributed by atoms with Crippen LogP contribution in [0.4, 0.5) is 0 Å². The van der Waals surface area contributed by atoms with E-state index in [1.165, 1.54) is 16.7 Å². The van der Waals surface area contributed by atoms with Crippen LogP contribution in [-0.2, 0) is 21.9 Å². The summed E-state index contributed by atoms with van der Waals surface area (Å²) in [7, 11) is 0. The first-order valence-electron chi connectivity index (χ1n) is 10.2. The van der Waals surface area contributed by atoms with Crippen molar-refractivity contribution in [2.24, 2.45) is 0 Å². The highest BCUT2D eigenvalue weighted by molar-refractivity contribution is 7.99. The van der Waals surface area contributed by atoms with Gasteiger partial charge in [-0.1, -0.05) is 65.5 Å². The Bertz CT molecular complexity index is 937. The zero-order chi connectivity index (χ0) is 23.8. The minimum absolute atomic E-state index is 0.00910. The summed E-state index contributed by atoms with van der Waals surface area (Å²) in [6.07, 6.45) is 0.794. The molecule has 0 bridgehead atoms. The summed E-state index contributed by atoms with van der Waals surface area (Å²) < 4.78 is 0. The lowest BCUT2D eigenvalue weighted by Gasteiger charge is -2.30. The van der Waals surface area contributed by atoms with Crippen molar-refractivity contribution in [3.05, 3.63) is 67.6 Å². The predicted octanol–water partition coefficient (Wildman–Crippen LogP) is 6.87. The Hall–Kier alpha value is -1.11. The number of rotatable bonds is 10. The minimum Gasteiger partial charge on any atom is -0.352 e. The fraction of sp³-hybridized carbons (Fsp3) is 0.391. The van der Waals surface area contributed by atoms with E-state index in [1.54, 1.807) is 37.3 Å². The number of hydrogen-bond donors (Lipinski definition) is 1. The highest BCUT2D eigenvalue weighted by Gasteiger charge is 2.28. The second kappa shape index (κ2) is 13.0. The van der Waals surface area contributed by atoms with Gasteiger partial charge in [-0.3, -0.25) is 9.59 Å². The average Bonchev–Trinajstić information content (AvgIpc) is 2.75. The molecule has 0 aromatic heterocycles. The molecule has 32 heavy (non-hydrogen) atoms. The van der Waals surface area contributed by atoms with Crippen LogP contribution >= 0.6 is 58.2 Å². The third-order valence-corrected chi connectivity index (χ3v) is 7.47. The van der Waals surface area contributed by atoms with Crippen molar-refractivity contribution in [2.75, 3.05) is 5.75 Å². The van der Waals surface area contributed by atoms with Crippen molar-refractivity contribution in [3.63, 3.8) is 0 Å². The van der Waals surface area contributed by atoms with Gasteiger partial charge in [0.1, 0.15) is 6.04 Å². The van der Waals surface area contributed by atoms with Crippen molar-refractivity contribution < 1.29 is 9.59 Å². The molecule has 0 aliphatic heterocycles. The topological polar surface area (TPSA) is 49.4 Å². The predicted molar refractivity (Wildman–Crippen MR) is 137 cm³/mol. The van der Waals surface area contributed by atoms with E-state index in [-0.39, 0.29) is 30.2 Å². The van der Waals surface area contributed by atoms with Crippen LogP contribution in [0.2, 0.25) is 20.1 Å². The number of thioether (sulfide) groups is 1. The molecule has 0 heterocycles. The van der Waals surface area contributed by atoms with E-state index >= 15 is 0 Å². The first-order chi connectivity index (χ1) is 15.1. The van der Waals surface area contributed by atoms with E-state index in [1.807, 2.05) is 19.9 Å². The quantitative estimate of drug-likeness (QED) is 0.361. The summed E-state index contributed by atoms with van der Waals surface area (Å²) in [6.45, 7) is 5.76. The summed E-state index contributed by atoms with van der Waals surface area (Å²) in [6, 6.07) is 9.88. The molecular weight excluding hydrogens is 510 g/mol. The number of carbonyl (C=O) groups excluding carboxylic acids is 2. The van der Waals surface area contributed by atoms with Gasteiger partial charge in [-0.2, -0.15) is 0 Å². The van der Waals surface area contributed by atoms with Gasteiger partial charge in [-0.05, 0) is 50.1 Å². The molecule has 0 unspecified atom stereocenters. The lowest BCUT2D eigenvalue weighted by molar-refractivity contribution is -0.138. The maximum Gasteiger partial charge on any atom is 0.242 e. The maximum absolute atomic E-state index is 13.2. The molecular formula is C23H26Cl4N2O2S. The lowest BCUT2D eigenvalue weighted by Crippen LogP contribution is -2.50. The first-order valence-corrected chi connectivity index (χ1v) is 12.8. The second-order valence-electron chi connectivity index (χ2n) is 7.46. The zero-order valence-corrected chi connectivity index (χ0v) is 22.0. The third-order valence-electron chi connectivity index (χ3n) is 5.04. The summed E-state index contributed by atoms with van der Waals surface area (Å²) in [4.78, 5) is 27.5. The van der Waals surface area contributed by atoms with Gasteiger partial charge in [0.05, 0.1) is 15.8 Å². The molecule has 1 N–H and O–H groups in total. The van der Waals surface area contributed by atoms with Crippen molar-refractivity contribution in [1.29, 1.82) is 0 Å². The van der Waals surface area contributed by atoms with Crippen molar-refractivity contribution in [1.82, 2.24) is 10.2 Å². The summed E-state index contributed by atoms with van der Waals surface area (Å²) in [5, 5.41) is 4.80. The summed E-state index contributed by atoms with van der Waals surface area (Å²) in [5.74, 6) is 0.364. The number of carbonyl (C=O) groups is 2. The van der Waals surface area contributed by atoms with Crippen LogP contribution in [0, 0.1) is 0 Å². The molecule has 2 rings (SSSR count). The molecule has 2 amide bonds. The normalized spacial score (nSPS) is 12.8. The second-order valence-corrected chi connectivity index (χ2v) is 10.1. The molecule has 0 aliphatic rings. The van der Waals surface area contributed by atoms with E-state index in [2.05, 4.69) is 5.32 Å². The lowest BCUT2D eigenvalue weighted by atomic mass is 10.1. The van der Waals surface area contributed by atoms with Gasteiger partial charge >= 0.3 is 0 Å². The molecule has 9 heteroatoms. The number of hydrogen-bond acceptors (Lipinski definition) is 3. The number of nitrogens with zero attached hydrogens (tertiary/aromatic N) is 1. The Labute approximate surface area is 213 Å². The van der Waals surface area contributed by atoms with Gasteiger partial charge < -0.3 is 10.2 Å². The van der Waals surface area contributed by atoms with E-state index in [4.69, 9.17) is 46.4 Å². The number of nitrogens with one attached hydrogen (secondary N) is 1. The Morgan fingerprint density at radius 2 is 1.66 bits per heavy atom. The summed E-state index contributed by atoms with van der Waals surface area (Å²) in [5.41, 5.74) is 1.57. The van der Waals surface area contributed by atoms with Crippen molar-refractivity contribution in [2.45, 2.75) is 51.6 Å². The molecule has 2 aromatic rings. The van der Waals surface area contributed by atoms with E-state index in [9.17, 15) is 9.59 Å². The smallest absolute Gasteiger partial charge is 0.242 e. The monoisotopic (exact) mass is 534 g/mol. The highest BCUT2D eigenvalue weighted by Crippen LogP contribution is 2.28. The molecule has 2 aromatic carbocycles. The van der Waals surface area contributed by atoms with Gasteiger partial charge in [0.15, 0.2) is 0 Å². The SMILES string of the molecule is CC[C@H](C)NC(=O)[C@@H](C)N(Cc1c(Cl)cccc1Cl)C(=O)CSCc1ccc(Cl)c(Cl)c1. The Kier molecular flexibility index (Phi) is 11.0. The largest absolute Gasteiger partial charge is 0.352 e. The molecule has 0 saturated carbocycles. The molecule has 0 radical (unpaired) electrons. The minimum atomic E-state index is -0.686. The molecule has 0 saturated heterocycles. The van der Waals surface area contributed by atoms with Gasteiger partial charge in [-0.25, -0.2) is 0 Å². The molecule has 0 fully saturated rings. The Balaban J connectivity index is 2.15. The van der Waals surface area contributed by atoms with Crippen LogP contribution < -0.4 is 5.32 Å².